The maximum absolute atomic E-state index is 11.7. The topological polar surface area (TPSA) is 77.2 Å². The second-order valence-electron chi connectivity index (χ2n) is 3.95. The lowest BCUT2D eigenvalue weighted by Crippen LogP contribution is -2.14. The first-order valence-corrected chi connectivity index (χ1v) is 7.36. The van der Waals surface area contributed by atoms with Crippen LogP contribution in [-0.2, 0) is 9.84 Å². The van der Waals surface area contributed by atoms with Crippen LogP contribution in [0.5, 0.6) is 0 Å². The van der Waals surface area contributed by atoms with Crippen LogP contribution in [0, 0.1) is 0 Å². The molecule has 94 valence electrons. The molecule has 0 fully saturated rings. The van der Waals surface area contributed by atoms with Gasteiger partial charge < -0.3 is 5.73 Å². The lowest BCUT2D eigenvalue weighted by molar-refractivity contribution is 0.0989. The van der Waals surface area contributed by atoms with Gasteiger partial charge in [-0.15, -0.1) is 0 Å². The number of carbonyl (C=O) groups excluding carboxylic acids is 1. The van der Waals surface area contributed by atoms with Gasteiger partial charge >= 0.3 is 0 Å². The summed E-state index contributed by atoms with van der Waals surface area (Å²) in [5.41, 5.74) is 6.53. The van der Waals surface area contributed by atoms with Crippen molar-refractivity contribution in [2.24, 2.45) is 0 Å². The van der Waals surface area contributed by atoms with Crippen LogP contribution in [-0.4, -0.2) is 25.7 Å². The summed E-state index contributed by atoms with van der Waals surface area (Å²) < 4.78 is 22.9. The Balaban J connectivity index is 2.62. The van der Waals surface area contributed by atoms with Crippen LogP contribution >= 0.6 is 0 Å². The summed E-state index contributed by atoms with van der Waals surface area (Å²) in [7, 11) is -3.10. The first-order chi connectivity index (χ1) is 7.94. The van der Waals surface area contributed by atoms with Gasteiger partial charge in [-0.3, -0.25) is 4.79 Å². The zero-order valence-electron chi connectivity index (χ0n) is 9.85. The molecule has 0 spiro atoms. The molecule has 2 N–H and O–H groups in total. The van der Waals surface area contributed by atoms with Crippen molar-refractivity contribution in [2.75, 3.05) is 17.2 Å². The highest BCUT2D eigenvalue weighted by molar-refractivity contribution is 7.91. The molecule has 0 saturated heterocycles. The van der Waals surface area contributed by atoms with Crippen molar-refractivity contribution in [1.29, 1.82) is 0 Å². The van der Waals surface area contributed by atoms with Gasteiger partial charge in [-0.2, -0.15) is 0 Å². The van der Waals surface area contributed by atoms with Gasteiger partial charge in [-0.05, 0) is 18.6 Å². The Morgan fingerprint density at radius 2 is 2.00 bits per heavy atom. The molecule has 0 aliphatic heterocycles. The van der Waals surface area contributed by atoms with E-state index >= 15 is 0 Å². The number of nitrogen functional groups attached to an aromatic ring is 1. The smallest absolute Gasteiger partial charge is 0.163 e. The normalized spacial score (nSPS) is 11.4. The predicted octanol–water partition coefficient (Wildman–Crippen LogP) is 1.67. The molecule has 0 heterocycles. The van der Waals surface area contributed by atoms with Gasteiger partial charge in [0.25, 0.3) is 0 Å². The van der Waals surface area contributed by atoms with E-state index in [9.17, 15) is 13.2 Å². The molecule has 0 bridgehead atoms. The summed E-state index contributed by atoms with van der Waals surface area (Å²) in [6, 6.07) is 6.58. The predicted molar refractivity (Wildman–Crippen MR) is 68.7 cm³/mol. The summed E-state index contributed by atoms with van der Waals surface area (Å²) in [5.74, 6) is -0.136. The van der Waals surface area contributed by atoms with Crippen molar-refractivity contribution in [1.82, 2.24) is 0 Å². The third-order valence-electron chi connectivity index (χ3n) is 2.36. The lowest BCUT2D eigenvalue weighted by Gasteiger charge is -2.03. The van der Waals surface area contributed by atoms with Crippen molar-refractivity contribution in [3.8, 4) is 0 Å². The summed E-state index contributed by atoms with van der Waals surface area (Å²) in [5, 5.41) is 0. The second kappa shape index (κ2) is 5.82. The zero-order chi connectivity index (χ0) is 12.9. The fourth-order valence-electron chi connectivity index (χ4n) is 1.52. The van der Waals surface area contributed by atoms with Crippen LogP contribution in [0.2, 0.25) is 0 Å². The quantitative estimate of drug-likeness (QED) is 0.619. The summed E-state index contributed by atoms with van der Waals surface area (Å²) in [6.07, 6.45) is 0.598. The molecule has 0 unspecified atom stereocenters. The highest BCUT2D eigenvalue weighted by Gasteiger charge is 2.13. The lowest BCUT2D eigenvalue weighted by atomic mass is 10.1. The molecular weight excluding hydrogens is 238 g/mol. The van der Waals surface area contributed by atoms with Gasteiger partial charge in [0.1, 0.15) is 0 Å². The van der Waals surface area contributed by atoms with Crippen molar-refractivity contribution in [3.63, 3.8) is 0 Å². The van der Waals surface area contributed by atoms with Crippen molar-refractivity contribution < 1.29 is 13.2 Å². The van der Waals surface area contributed by atoms with Crippen LogP contribution < -0.4 is 5.73 Å². The fraction of sp³-hybridized carbons (Fsp3) is 0.417. The van der Waals surface area contributed by atoms with Gasteiger partial charge in [0.15, 0.2) is 15.6 Å². The van der Waals surface area contributed by atoms with Gasteiger partial charge in [-0.25, -0.2) is 8.42 Å². The maximum atomic E-state index is 11.7. The highest BCUT2D eigenvalue weighted by atomic mass is 32.2. The number of hydrogen-bond donors (Lipinski definition) is 1. The molecule has 0 amide bonds. The van der Waals surface area contributed by atoms with E-state index in [4.69, 9.17) is 5.73 Å². The number of rotatable bonds is 6. The minimum absolute atomic E-state index is 0.0196. The Morgan fingerprint density at radius 1 is 1.29 bits per heavy atom. The SMILES string of the molecule is CCCS(=O)(=O)CCC(=O)c1cccc(N)c1. The van der Waals surface area contributed by atoms with Crippen LogP contribution in [0.25, 0.3) is 0 Å². The number of anilines is 1. The number of carbonyl (C=O) groups is 1. The Morgan fingerprint density at radius 3 is 2.59 bits per heavy atom. The first-order valence-electron chi connectivity index (χ1n) is 5.54. The largest absolute Gasteiger partial charge is 0.399 e. The van der Waals surface area contributed by atoms with Crippen LogP contribution in [0.3, 0.4) is 0 Å². The zero-order valence-corrected chi connectivity index (χ0v) is 10.7. The highest BCUT2D eigenvalue weighted by Crippen LogP contribution is 2.10. The molecule has 5 heteroatoms. The van der Waals surface area contributed by atoms with Gasteiger partial charge in [-0.1, -0.05) is 19.1 Å². The summed E-state index contributed by atoms with van der Waals surface area (Å²) >= 11 is 0. The van der Waals surface area contributed by atoms with Crippen LogP contribution in [0.4, 0.5) is 5.69 Å². The number of hydrogen-bond acceptors (Lipinski definition) is 4. The molecule has 0 aliphatic carbocycles. The first kappa shape index (κ1) is 13.7. The number of ketones is 1. The average molecular weight is 255 g/mol. The third kappa shape index (κ3) is 4.56. The summed E-state index contributed by atoms with van der Waals surface area (Å²) in [6.45, 7) is 1.80. The minimum atomic E-state index is -3.10. The van der Waals surface area contributed by atoms with E-state index in [0.717, 1.165) is 0 Å². The van der Waals surface area contributed by atoms with Crippen LogP contribution in [0.15, 0.2) is 24.3 Å². The maximum Gasteiger partial charge on any atom is 0.163 e. The van der Waals surface area contributed by atoms with E-state index in [1.165, 1.54) is 0 Å². The molecule has 17 heavy (non-hydrogen) atoms. The molecule has 0 saturated carbocycles. The molecule has 0 radical (unpaired) electrons. The third-order valence-corrected chi connectivity index (χ3v) is 4.22. The molecule has 0 aromatic heterocycles. The molecule has 0 atom stereocenters. The molecular formula is C12H17NO3S. The van der Waals surface area contributed by atoms with E-state index in [0.29, 0.717) is 17.7 Å². The monoisotopic (exact) mass is 255 g/mol. The molecule has 0 aliphatic rings. The van der Waals surface area contributed by atoms with E-state index in [1.807, 2.05) is 0 Å². The van der Waals surface area contributed by atoms with E-state index in [2.05, 4.69) is 0 Å². The Bertz CT molecular complexity index is 494. The van der Waals surface area contributed by atoms with E-state index in [1.54, 1.807) is 31.2 Å². The molecule has 1 aromatic carbocycles. The Hall–Kier alpha value is -1.36. The van der Waals surface area contributed by atoms with Gasteiger partial charge in [0, 0.05) is 23.4 Å². The Kier molecular flexibility index (Phi) is 4.69. The minimum Gasteiger partial charge on any atom is -0.399 e. The van der Waals surface area contributed by atoms with Gasteiger partial charge in [0.2, 0.25) is 0 Å². The van der Waals surface area contributed by atoms with Crippen LogP contribution in [0.1, 0.15) is 30.1 Å². The number of sulfone groups is 1. The fourth-order valence-corrected chi connectivity index (χ4v) is 2.84. The Labute approximate surface area is 102 Å². The summed E-state index contributed by atoms with van der Waals surface area (Å²) in [4.78, 5) is 11.7. The van der Waals surface area contributed by atoms with Gasteiger partial charge in [0.05, 0.1) is 5.75 Å². The molecule has 1 rings (SSSR count). The van der Waals surface area contributed by atoms with E-state index in [-0.39, 0.29) is 23.7 Å². The van der Waals surface area contributed by atoms with Crippen molar-refractivity contribution in [3.05, 3.63) is 29.8 Å². The average Bonchev–Trinajstić information content (AvgIpc) is 2.26. The number of nitrogens with two attached hydrogens (primary N) is 1. The number of benzene rings is 1. The van der Waals surface area contributed by atoms with Crippen molar-refractivity contribution >= 4 is 21.3 Å². The number of Topliss-reactive ketones (excluding diaryl/α,β-unsaturated/α-hetero) is 1. The molecule has 1 aromatic rings. The van der Waals surface area contributed by atoms with E-state index < -0.39 is 9.84 Å². The standard InChI is InChI=1S/C12H17NO3S/c1-2-7-17(15,16)8-6-12(14)10-4-3-5-11(13)9-10/h3-5,9H,2,6-8,13H2,1H3. The second-order valence-corrected chi connectivity index (χ2v) is 6.25. The van der Waals surface area contributed by atoms with Crippen molar-refractivity contribution in [2.45, 2.75) is 19.8 Å². The molecule has 4 nitrogen and oxygen atoms in total.